The maximum Gasteiger partial charge on any atom is 0.354 e. The molecule has 2 aliphatic heterocycles. The van der Waals surface area contributed by atoms with E-state index in [9.17, 15) is 4.79 Å². The first kappa shape index (κ1) is 27.5. The smallest absolute Gasteiger partial charge is 0.354 e. The van der Waals surface area contributed by atoms with Gasteiger partial charge in [-0.3, -0.25) is 9.36 Å². The normalized spacial score (nSPS) is 22.6. The van der Waals surface area contributed by atoms with Crippen LogP contribution in [0.3, 0.4) is 0 Å². The number of likely N-dealkylation sites (N-methyl/N-ethyl adjacent to an activating group) is 1. The van der Waals surface area contributed by atoms with E-state index in [-0.39, 0.29) is 12.1 Å². The summed E-state index contributed by atoms with van der Waals surface area (Å²) < 4.78 is 2.80. The van der Waals surface area contributed by atoms with Gasteiger partial charge in [0.25, 0.3) is 0 Å². The average Bonchev–Trinajstić information content (AvgIpc) is 3.22. The molecule has 1 aromatic carbocycles. The number of quaternary nitrogens is 1. The third-order valence-corrected chi connectivity index (χ3v) is 6.90. The van der Waals surface area contributed by atoms with Gasteiger partial charge in [0, 0.05) is 51.1 Å². The van der Waals surface area contributed by atoms with Crippen LogP contribution in [0.2, 0.25) is 0 Å². The summed E-state index contributed by atoms with van der Waals surface area (Å²) >= 11 is 0. The zero-order chi connectivity index (χ0) is 25.1. The number of nitrogens with zero attached hydrogens (tertiary/aromatic N) is 4. The number of aromatic nitrogens is 2. The molecule has 2 aliphatic rings. The van der Waals surface area contributed by atoms with E-state index in [2.05, 4.69) is 59.7 Å². The highest BCUT2D eigenvalue weighted by Crippen LogP contribution is 2.27. The van der Waals surface area contributed by atoms with Gasteiger partial charge in [-0.2, -0.15) is 4.98 Å². The second-order valence-electron chi connectivity index (χ2n) is 9.31. The first-order valence-corrected chi connectivity index (χ1v) is 12.1. The molecule has 0 aliphatic carbocycles. The molecule has 0 saturated carbocycles. The van der Waals surface area contributed by atoms with Crippen molar-refractivity contribution in [3.63, 3.8) is 0 Å². The molecule has 3 heterocycles. The zero-order valence-electron chi connectivity index (χ0n) is 21.1. The Labute approximate surface area is 203 Å². The number of nitrogens with one attached hydrogen (secondary N) is 1. The molecule has 188 valence electrons. The van der Waals surface area contributed by atoms with Crippen LogP contribution in [0.4, 0.5) is 5.82 Å². The largest absolute Gasteiger partial charge is 0.372 e. The number of hydrogen-bond acceptors (Lipinski definition) is 6. The number of piperazine rings is 1. The number of nitrogens with two attached hydrogens (primary N) is 2. The number of benzene rings is 1. The number of hydrogen-bond donors (Lipinski definition) is 3. The Hall–Kier alpha value is -2.75. The van der Waals surface area contributed by atoms with Crippen LogP contribution in [0, 0.1) is 5.92 Å². The minimum atomic E-state index is -0.216. The highest BCUT2D eigenvalue weighted by molar-refractivity contribution is 5.42. The molecule has 1 amide bonds. The second kappa shape index (κ2) is 13.2. The fourth-order valence-electron chi connectivity index (χ4n) is 4.83. The van der Waals surface area contributed by atoms with Gasteiger partial charge in [0.05, 0.1) is 31.9 Å². The summed E-state index contributed by atoms with van der Waals surface area (Å²) in [6, 6.07) is 11.0. The lowest BCUT2D eigenvalue weighted by atomic mass is 10.0. The molecular formula is C25H42N7O2+. The highest BCUT2D eigenvalue weighted by atomic mass is 16.1. The molecule has 3 atom stereocenters. The molecule has 3 unspecified atom stereocenters. The van der Waals surface area contributed by atoms with Crippen LogP contribution in [0.1, 0.15) is 25.8 Å². The summed E-state index contributed by atoms with van der Waals surface area (Å²) in [7, 11) is 3.90. The predicted octanol–water partition coefficient (Wildman–Crippen LogP) is 0.736. The standard InChI is InChI=1S/C23H34N5O.CH3NO.CH5N/c1-18-9-15-28(3,17-18)19(2)16-20-4-6-21(7-5-20)27-12-8-22(25-23(27)29)26-13-10-24-11-14-26;2-1-3;1-2/h4-8,12,18-19,24H,9-11,13-17H2,1-3H3;1H,(H2,2,3);2H2,1H3/q+1;;. The Morgan fingerprint density at radius 2 is 1.82 bits per heavy atom. The Morgan fingerprint density at radius 1 is 1.21 bits per heavy atom. The van der Waals surface area contributed by atoms with Crippen molar-refractivity contribution < 1.29 is 9.28 Å². The number of anilines is 1. The fourth-order valence-corrected chi connectivity index (χ4v) is 4.83. The van der Waals surface area contributed by atoms with Gasteiger partial charge < -0.3 is 26.2 Å². The summed E-state index contributed by atoms with van der Waals surface area (Å²) in [6.07, 6.45) is 4.50. The third kappa shape index (κ3) is 7.12. The van der Waals surface area contributed by atoms with Gasteiger partial charge in [-0.05, 0) is 37.7 Å². The summed E-state index contributed by atoms with van der Waals surface area (Å²) in [4.78, 5) is 27.7. The van der Waals surface area contributed by atoms with Crippen LogP contribution in [-0.4, -0.2) is 79.8 Å². The molecule has 34 heavy (non-hydrogen) atoms. The number of carbonyl (C=O) groups excluding carboxylic acids is 1. The van der Waals surface area contributed by atoms with Crippen LogP contribution < -0.4 is 27.4 Å². The predicted molar refractivity (Wildman–Crippen MR) is 138 cm³/mol. The molecule has 4 rings (SSSR count). The van der Waals surface area contributed by atoms with E-state index in [0.29, 0.717) is 6.04 Å². The van der Waals surface area contributed by atoms with Gasteiger partial charge in [0.1, 0.15) is 5.82 Å². The number of carbonyl (C=O) groups is 1. The van der Waals surface area contributed by atoms with Gasteiger partial charge in [-0.1, -0.05) is 19.1 Å². The van der Waals surface area contributed by atoms with E-state index in [0.717, 1.165) is 50.0 Å². The van der Waals surface area contributed by atoms with Crippen LogP contribution in [-0.2, 0) is 11.2 Å². The van der Waals surface area contributed by atoms with Crippen molar-refractivity contribution >= 4 is 12.2 Å². The van der Waals surface area contributed by atoms with E-state index >= 15 is 0 Å². The summed E-state index contributed by atoms with van der Waals surface area (Å²) in [5, 5.41) is 3.32. The number of likely N-dealkylation sites (tertiary alicyclic amines) is 1. The van der Waals surface area contributed by atoms with Crippen LogP contribution in [0.5, 0.6) is 0 Å². The van der Waals surface area contributed by atoms with E-state index in [1.807, 2.05) is 24.4 Å². The lowest BCUT2D eigenvalue weighted by molar-refractivity contribution is -0.921. The fraction of sp³-hybridized carbons (Fsp3) is 0.560. The van der Waals surface area contributed by atoms with Gasteiger partial charge in [0.15, 0.2) is 0 Å². The van der Waals surface area contributed by atoms with Crippen molar-refractivity contribution in [3.8, 4) is 5.69 Å². The van der Waals surface area contributed by atoms with Crippen LogP contribution in [0.25, 0.3) is 5.69 Å². The maximum atomic E-state index is 12.6. The molecule has 9 heteroatoms. The monoisotopic (exact) mass is 472 g/mol. The van der Waals surface area contributed by atoms with Crippen molar-refractivity contribution in [1.82, 2.24) is 14.9 Å². The highest BCUT2D eigenvalue weighted by Gasteiger charge is 2.36. The van der Waals surface area contributed by atoms with Crippen molar-refractivity contribution in [1.29, 1.82) is 0 Å². The zero-order valence-corrected chi connectivity index (χ0v) is 21.1. The maximum absolute atomic E-state index is 12.6. The van der Waals surface area contributed by atoms with Gasteiger partial charge in [-0.25, -0.2) is 4.79 Å². The number of amides is 1. The Bertz CT molecular complexity index is 941. The molecule has 2 fully saturated rings. The third-order valence-electron chi connectivity index (χ3n) is 6.90. The summed E-state index contributed by atoms with van der Waals surface area (Å²) in [5.74, 6) is 1.60. The summed E-state index contributed by atoms with van der Waals surface area (Å²) in [5.41, 5.74) is 10.7. The van der Waals surface area contributed by atoms with Gasteiger partial charge in [0.2, 0.25) is 6.41 Å². The lowest BCUT2D eigenvalue weighted by Gasteiger charge is -2.36. The lowest BCUT2D eigenvalue weighted by Crippen LogP contribution is -2.49. The molecule has 0 spiro atoms. The molecule has 0 radical (unpaired) electrons. The molecule has 2 aromatic rings. The molecular weight excluding hydrogens is 430 g/mol. The molecule has 0 bridgehead atoms. The minimum absolute atomic E-state index is 0.216. The van der Waals surface area contributed by atoms with Crippen LogP contribution in [0.15, 0.2) is 41.3 Å². The molecule has 5 N–H and O–H groups in total. The van der Waals surface area contributed by atoms with E-state index in [4.69, 9.17) is 4.79 Å². The number of rotatable bonds is 5. The second-order valence-corrected chi connectivity index (χ2v) is 9.31. The molecule has 9 nitrogen and oxygen atoms in total. The van der Waals surface area contributed by atoms with Crippen molar-refractivity contribution in [3.05, 3.63) is 52.6 Å². The first-order chi connectivity index (χ1) is 16.4. The van der Waals surface area contributed by atoms with Crippen molar-refractivity contribution in [2.24, 2.45) is 17.4 Å². The van der Waals surface area contributed by atoms with E-state index in [1.54, 1.807) is 4.57 Å². The number of primary amides is 1. The van der Waals surface area contributed by atoms with E-state index < -0.39 is 0 Å². The van der Waals surface area contributed by atoms with Crippen molar-refractivity contribution in [2.45, 2.75) is 32.7 Å². The Balaban J connectivity index is 0.000000758. The summed E-state index contributed by atoms with van der Waals surface area (Å²) in [6.45, 7) is 10.9. The first-order valence-electron chi connectivity index (χ1n) is 12.1. The molecule has 1 aromatic heterocycles. The average molecular weight is 473 g/mol. The molecule has 2 saturated heterocycles. The van der Waals surface area contributed by atoms with Crippen LogP contribution >= 0.6 is 0 Å². The Morgan fingerprint density at radius 3 is 2.35 bits per heavy atom. The van der Waals surface area contributed by atoms with Gasteiger partial charge >= 0.3 is 5.69 Å². The Kier molecular flexibility index (Phi) is 10.7. The quantitative estimate of drug-likeness (QED) is 0.436. The SMILES string of the molecule is CC1CC[N+](C)(C(C)Cc2ccc(-n3ccc(N4CCNCC4)nc3=O)cc2)C1.CN.NC=O. The van der Waals surface area contributed by atoms with Gasteiger partial charge in [-0.15, -0.1) is 0 Å². The van der Waals surface area contributed by atoms with E-state index in [1.165, 1.54) is 36.6 Å². The topological polar surface area (TPSA) is 119 Å². The van der Waals surface area contributed by atoms with Crippen molar-refractivity contribution in [2.75, 3.05) is 58.3 Å². The minimum Gasteiger partial charge on any atom is -0.372 e.